The van der Waals surface area contributed by atoms with Gasteiger partial charge < -0.3 is 9.57 Å². The van der Waals surface area contributed by atoms with Gasteiger partial charge in [0.05, 0.1) is 6.21 Å². The van der Waals surface area contributed by atoms with E-state index >= 15 is 0 Å². The topological polar surface area (TPSA) is 47.9 Å². The van der Waals surface area contributed by atoms with Gasteiger partial charge in [-0.3, -0.25) is 4.79 Å². The molecule has 10 atom stereocenters. The van der Waals surface area contributed by atoms with E-state index in [1.54, 1.807) is 7.11 Å². The molecule has 0 N–H and O–H groups in total. The van der Waals surface area contributed by atoms with Crippen LogP contribution in [0.4, 0.5) is 0 Å². The first-order valence-electron chi connectivity index (χ1n) is 15.3. The monoisotopic (exact) mass is 523 g/mol. The van der Waals surface area contributed by atoms with Crippen LogP contribution in [0.5, 0.6) is 0 Å². The molecule has 0 spiro atoms. The van der Waals surface area contributed by atoms with Crippen molar-refractivity contribution in [2.24, 2.45) is 61.8 Å². The molecule has 0 amide bonds. The van der Waals surface area contributed by atoms with Gasteiger partial charge >= 0.3 is 5.97 Å². The highest BCUT2D eigenvalue weighted by Gasteiger charge is 2.70. The van der Waals surface area contributed by atoms with Crippen molar-refractivity contribution in [3.63, 3.8) is 0 Å². The zero-order valence-electron chi connectivity index (χ0n) is 25.3. The molecule has 4 nitrogen and oxygen atoms in total. The van der Waals surface area contributed by atoms with Crippen LogP contribution in [0.25, 0.3) is 0 Å². The number of allylic oxidation sites excluding steroid dienone is 1. The summed E-state index contributed by atoms with van der Waals surface area (Å²) >= 11 is 0. The van der Waals surface area contributed by atoms with Crippen molar-refractivity contribution in [2.75, 3.05) is 13.7 Å². The standard InChI is InChI=1S/C34H53NO3/c1-22(2)25-13-17-34(20-35-37-9)19-18-32(7)26(29(25)34)10-11-28-30(5)15-12-23(3)31(6,21-38-24(4)36)27(30)14-16-33(28,32)8/h20,25-29H,1,3,10-19,21H2,2,4-9H3. The van der Waals surface area contributed by atoms with E-state index in [0.717, 1.165) is 6.42 Å². The number of hydrogen-bond acceptors (Lipinski definition) is 4. The van der Waals surface area contributed by atoms with Crippen molar-refractivity contribution in [1.29, 1.82) is 0 Å². The molecule has 0 bridgehead atoms. The van der Waals surface area contributed by atoms with Crippen LogP contribution in [-0.4, -0.2) is 25.9 Å². The Balaban J connectivity index is 1.52. The van der Waals surface area contributed by atoms with Gasteiger partial charge in [-0.25, -0.2) is 0 Å². The highest BCUT2D eigenvalue weighted by molar-refractivity contribution is 5.67. The van der Waals surface area contributed by atoms with Gasteiger partial charge in [0, 0.05) is 17.8 Å². The minimum atomic E-state index is -0.175. The van der Waals surface area contributed by atoms with Crippen LogP contribution in [0.15, 0.2) is 29.5 Å². The van der Waals surface area contributed by atoms with Gasteiger partial charge in [-0.15, -0.1) is 0 Å². The van der Waals surface area contributed by atoms with Gasteiger partial charge in [0.1, 0.15) is 13.7 Å². The first-order valence-corrected chi connectivity index (χ1v) is 15.3. The molecule has 0 aromatic heterocycles. The maximum Gasteiger partial charge on any atom is 0.302 e. The number of oxime groups is 1. The predicted molar refractivity (Wildman–Crippen MR) is 155 cm³/mol. The molecule has 0 saturated heterocycles. The van der Waals surface area contributed by atoms with Crippen LogP contribution in [0.1, 0.15) is 106 Å². The van der Waals surface area contributed by atoms with E-state index in [0.29, 0.717) is 47.0 Å². The molecule has 0 aromatic carbocycles. The molecule has 5 aliphatic rings. The third-order valence-corrected chi connectivity index (χ3v) is 13.9. The summed E-state index contributed by atoms with van der Waals surface area (Å²) in [6.07, 6.45) is 14.5. The summed E-state index contributed by atoms with van der Waals surface area (Å²) in [5.74, 6) is 2.91. The Labute approximate surface area is 232 Å². The van der Waals surface area contributed by atoms with Gasteiger partial charge in [-0.1, -0.05) is 57.2 Å². The van der Waals surface area contributed by atoms with Crippen LogP contribution in [-0.2, 0) is 14.4 Å². The minimum absolute atomic E-state index is 0.132. The molecule has 212 valence electrons. The van der Waals surface area contributed by atoms with Crippen LogP contribution in [0, 0.1) is 56.7 Å². The smallest absolute Gasteiger partial charge is 0.302 e. The largest absolute Gasteiger partial charge is 0.465 e. The molecule has 5 aliphatic carbocycles. The summed E-state index contributed by atoms with van der Waals surface area (Å²) in [6, 6.07) is 0. The summed E-state index contributed by atoms with van der Waals surface area (Å²) in [7, 11) is 1.68. The third-order valence-electron chi connectivity index (χ3n) is 13.9. The minimum Gasteiger partial charge on any atom is -0.465 e. The third kappa shape index (κ3) is 3.66. The fraction of sp³-hybridized carbons (Fsp3) is 0.824. The average molecular weight is 524 g/mol. The van der Waals surface area contributed by atoms with Crippen LogP contribution >= 0.6 is 0 Å². The number of carbonyl (C=O) groups is 1. The first-order chi connectivity index (χ1) is 17.8. The Bertz CT molecular complexity index is 1030. The molecule has 5 rings (SSSR count). The number of rotatable bonds is 5. The van der Waals surface area contributed by atoms with Crippen molar-refractivity contribution in [3.05, 3.63) is 24.3 Å². The van der Waals surface area contributed by atoms with E-state index < -0.39 is 0 Å². The van der Waals surface area contributed by atoms with E-state index in [1.165, 1.54) is 75.9 Å². The van der Waals surface area contributed by atoms with E-state index in [1.807, 2.05) is 0 Å². The van der Waals surface area contributed by atoms with E-state index in [9.17, 15) is 4.79 Å². The van der Waals surface area contributed by atoms with Gasteiger partial charge in [-0.05, 0) is 117 Å². The molecule has 38 heavy (non-hydrogen) atoms. The fourth-order valence-electron chi connectivity index (χ4n) is 11.7. The summed E-state index contributed by atoms with van der Waals surface area (Å²) in [5, 5.41) is 4.40. The van der Waals surface area contributed by atoms with Gasteiger partial charge in [0.25, 0.3) is 0 Å². The lowest BCUT2D eigenvalue weighted by Crippen LogP contribution is -2.66. The summed E-state index contributed by atoms with van der Waals surface area (Å²) in [6.45, 7) is 23.6. The number of hydrogen-bond donors (Lipinski definition) is 0. The molecule has 5 fully saturated rings. The van der Waals surface area contributed by atoms with Crippen LogP contribution in [0.3, 0.4) is 0 Å². The normalized spacial score (nSPS) is 50.0. The molecule has 5 saturated carbocycles. The average Bonchev–Trinajstić information content (AvgIpc) is 3.25. The second-order valence-electron chi connectivity index (χ2n) is 15.1. The Kier molecular flexibility index (Phi) is 6.79. The zero-order valence-corrected chi connectivity index (χ0v) is 25.3. The Morgan fingerprint density at radius 3 is 2.37 bits per heavy atom. The maximum atomic E-state index is 11.8. The van der Waals surface area contributed by atoms with E-state index in [2.05, 4.69) is 59.1 Å². The SMILES string of the molecule is C=C(C)C1CCC2(C=NOC)CCC3(C)C(CCC4C5(C)CCC(=C)C(C)(COC(C)=O)C5CCC43C)C12. The Morgan fingerprint density at radius 1 is 0.974 bits per heavy atom. The lowest BCUT2D eigenvalue weighted by atomic mass is 9.32. The number of esters is 1. The first kappa shape index (κ1) is 28.0. The summed E-state index contributed by atoms with van der Waals surface area (Å²) in [4.78, 5) is 17.1. The van der Waals surface area contributed by atoms with E-state index in [-0.39, 0.29) is 22.2 Å². The highest BCUT2D eigenvalue weighted by Crippen LogP contribution is 2.77. The van der Waals surface area contributed by atoms with Gasteiger partial charge in [-0.2, -0.15) is 0 Å². The molecule has 10 unspecified atom stereocenters. The summed E-state index contributed by atoms with van der Waals surface area (Å²) in [5.41, 5.74) is 3.52. The van der Waals surface area contributed by atoms with E-state index in [4.69, 9.17) is 9.57 Å². The summed E-state index contributed by atoms with van der Waals surface area (Å²) < 4.78 is 5.71. The Hall–Kier alpha value is -1.58. The van der Waals surface area contributed by atoms with Crippen molar-refractivity contribution in [2.45, 2.75) is 106 Å². The van der Waals surface area contributed by atoms with Crippen LogP contribution < -0.4 is 0 Å². The number of carbonyl (C=O) groups excluding carboxylic acids is 1. The predicted octanol–water partition coefficient (Wildman–Crippen LogP) is 8.38. The zero-order chi connectivity index (χ0) is 27.7. The van der Waals surface area contributed by atoms with Gasteiger partial charge in [0.15, 0.2) is 0 Å². The van der Waals surface area contributed by atoms with Gasteiger partial charge in [0.2, 0.25) is 0 Å². The molecular formula is C34H53NO3. The molecule has 0 heterocycles. The molecule has 0 aromatic rings. The molecule has 4 heteroatoms. The number of nitrogens with zero attached hydrogens (tertiary/aromatic N) is 1. The fourth-order valence-corrected chi connectivity index (χ4v) is 11.7. The lowest BCUT2D eigenvalue weighted by Gasteiger charge is -2.72. The molecule has 0 aliphatic heterocycles. The second kappa shape index (κ2) is 9.23. The van der Waals surface area contributed by atoms with Crippen molar-refractivity contribution in [3.8, 4) is 0 Å². The quantitative estimate of drug-likeness (QED) is 0.157. The maximum absolute atomic E-state index is 11.8. The second-order valence-corrected chi connectivity index (χ2v) is 15.1. The highest BCUT2D eigenvalue weighted by atomic mass is 16.6. The van der Waals surface area contributed by atoms with Crippen molar-refractivity contribution >= 4 is 12.2 Å². The van der Waals surface area contributed by atoms with Crippen molar-refractivity contribution in [1.82, 2.24) is 0 Å². The van der Waals surface area contributed by atoms with Crippen LogP contribution in [0.2, 0.25) is 0 Å². The lowest BCUT2D eigenvalue weighted by molar-refractivity contribution is -0.230. The number of ether oxygens (including phenoxy) is 1. The van der Waals surface area contributed by atoms with Crippen molar-refractivity contribution < 1.29 is 14.4 Å². The molecular weight excluding hydrogens is 470 g/mol. The number of fused-ring (bicyclic) bond motifs is 7. The Morgan fingerprint density at radius 2 is 1.71 bits per heavy atom. The molecule has 0 radical (unpaired) electrons.